The number of hydrogen-bond acceptors (Lipinski definition) is 4. The molecule has 2 aromatic carbocycles. The molecule has 0 fully saturated rings. The lowest BCUT2D eigenvalue weighted by atomic mass is 10.1. The number of nitrogens with zero attached hydrogens (tertiary/aromatic N) is 1. The highest BCUT2D eigenvalue weighted by Crippen LogP contribution is 2.20. The van der Waals surface area contributed by atoms with Gasteiger partial charge in [-0.2, -0.15) is 0 Å². The van der Waals surface area contributed by atoms with Gasteiger partial charge in [-0.05, 0) is 17.5 Å². The molecule has 0 heterocycles. The maximum absolute atomic E-state index is 10.4. The van der Waals surface area contributed by atoms with Gasteiger partial charge in [0.25, 0.3) is 0 Å². The second-order valence-corrected chi connectivity index (χ2v) is 6.24. The lowest BCUT2D eigenvalue weighted by molar-refractivity contribution is -0.0257. The normalized spacial score (nSPS) is 13.2. The molecule has 0 bridgehead atoms. The van der Waals surface area contributed by atoms with Crippen molar-refractivity contribution in [3.8, 4) is 0 Å². The van der Waals surface area contributed by atoms with Gasteiger partial charge in [-0.15, -0.1) is 12.4 Å². The molecule has 2 atom stereocenters. The smallest absolute Gasteiger partial charge is 0.0900 e. The quantitative estimate of drug-likeness (QED) is 0.628. The Morgan fingerprint density at radius 2 is 1.62 bits per heavy atom. The number of aliphatic hydroxyl groups is 2. The summed E-state index contributed by atoms with van der Waals surface area (Å²) in [5.41, 5.74) is 2.30. The maximum atomic E-state index is 10.4. The van der Waals surface area contributed by atoms with E-state index in [9.17, 15) is 10.2 Å². The SMILES string of the molecule is CCC(OCC(O)CN(CCO)Cc1ccccc1)c1ccccc1.Cl. The van der Waals surface area contributed by atoms with Crippen molar-refractivity contribution in [3.63, 3.8) is 0 Å². The number of aliphatic hydroxyl groups excluding tert-OH is 2. The minimum absolute atomic E-state index is 0. The molecule has 0 amide bonds. The van der Waals surface area contributed by atoms with Crippen LogP contribution in [0.25, 0.3) is 0 Å². The monoisotopic (exact) mass is 379 g/mol. The predicted molar refractivity (Wildman–Crippen MR) is 107 cm³/mol. The number of hydrogen-bond donors (Lipinski definition) is 2. The first-order valence-corrected chi connectivity index (χ1v) is 8.94. The van der Waals surface area contributed by atoms with Crippen LogP contribution in [0.4, 0.5) is 0 Å². The number of rotatable bonds is 11. The van der Waals surface area contributed by atoms with Crippen LogP contribution in [0.5, 0.6) is 0 Å². The molecule has 0 aliphatic rings. The van der Waals surface area contributed by atoms with Gasteiger partial charge < -0.3 is 14.9 Å². The van der Waals surface area contributed by atoms with Crippen LogP contribution in [0.2, 0.25) is 0 Å². The van der Waals surface area contributed by atoms with E-state index in [0.717, 1.165) is 12.0 Å². The number of benzene rings is 2. The Balaban J connectivity index is 0.00000338. The van der Waals surface area contributed by atoms with Gasteiger partial charge in [0.05, 0.1) is 25.4 Å². The zero-order valence-corrected chi connectivity index (χ0v) is 16.1. The molecule has 4 nitrogen and oxygen atoms in total. The van der Waals surface area contributed by atoms with Crippen LogP contribution in [0, 0.1) is 0 Å². The van der Waals surface area contributed by atoms with Crippen LogP contribution in [-0.4, -0.2) is 47.5 Å². The summed E-state index contributed by atoms with van der Waals surface area (Å²) in [4.78, 5) is 2.05. The lowest BCUT2D eigenvalue weighted by Crippen LogP contribution is -2.36. The van der Waals surface area contributed by atoms with E-state index in [-0.39, 0.29) is 31.7 Å². The molecule has 0 saturated heterocycles. The molecule has 0 aliphatic heterocycles. The fourth-order valence-corrected chi connectivity index (χ4v) is 2.91. The molecule has 0 saturated carbocycles. The first-order valence-electron chi connectivity index (χ1n) is 8.94. The summed E-state index contributed by atoms with van der Waals surface area (Å²) in [7, 11) is 0. The van der Waals surface area contributed by atoms with Gasteiger partial charge in [0.1, 0.15) is 0 Å². The topological polar surface area (TPSA) is 52.9 Å². The molecule has 0 aliphatic carbocycles. The van der Waals surface area contributed by atoms with E-state index in [1.165, 1.54) is 5.56 Å². The second kappa shape index (κ2) is 12.8. The van der Waals surface area contributed by atoms with Crippen LogP contribution in [0.1, 0.15) is 30.6 Å². The van der Waals surface area contributed by atoms with Gasteiger partial charge in [0, 0.05) is 19.6 Å². The fourth-order valence-electron chi connectivity index (χ4n) is 2.91. The fraction of sp³-hybridized carbons (Fsp3) is 0.429. The average molecular weight is 380 g/mol. The Kier molecular flexibility index (Phi) is 11.2. The van der Waals surface area contributed by atoms with Crippen LogP contribution >= 0.6 is 12.4 Å². The minimum Gasteiger partial charge on any atom is -0.395 e. The molecule has 26 heavy (non-hydrogen) atoms. The number of ether oxygens (including phenoxy) is 1. The third kappa shape index (κ3) is 7.85. The average Bonchev–Trinajstić information content (AvgIpc) is 2.64. The highest BCUT2D eigenvalue weighted by atomic mass is 35.5. The Morgan fingerprint density at radius 1 is 1.00 bits per heavy atom. The van der Waals surface area contributed by atoms with E-state index in [1.54, 1.807) is 0 Å². The molecular formula is C21H30ClNO3. The van der Waals surface area contributed by atoms with Crippen LogP contribution in [0.3, 0.4) is 0 Å². The summed E-state index contributed by atoms with van der Waals surface area (Å²) in [5.74, 6) is 0. The van der Waals surface area contributed by atoms with Gasteiger partial charge >= 0.3 is 0 Å². The standard InChI is InChI=1S/C21H29NO3.ClH/c1-2-21(19-11-7-4-8-12-19)25-17-20(24)16-22(13-14-23)15-18-9-5-3-6-10-18;/h3-12,20-21,23-24H,2,13-17H2,1H3;1H. The lowest BCUT2D eigenvalue weighted by Gasteiger charge is -2.25. The molecule has 5 heteroatoms. The molecule has 144 valence electrons. The van der Waals surface area contributed by atoms with Crippen molar-refractivity contribution in [1.29, 1.82) is 0 Å². The van der Waals surface area contributed by atoms with E-state index in [1.807, 2.05) is 53.4 Å². The first-order chi connectivity index (χ1) is 12.2. The van der Waals surface area contributed by atoms with Crippen molar-refractivity contribution in [2.24, 2.45) is 0 Å². The van der Waals surface area contributed by atoms with E-state index < -0.39 is 6.10 Å². The van der Waals surface area contributed by atoms with Gasteiger partial charge in [0.15, 0.2) is 0 Å². The molecule has 2 aromatic rings. The largest absolute Gasteiger partial charge is 0.395 e. The highest BCUT2D eigenvalue weighted by molar-refractivity contribution is 5.85. The van der Waals surface area contributed by atoms with E-state index in [2.05, 4.69) is 19.1 Å². The summed E-state index contributed by atoms with van der Waals surface area (Å²) >= 11 is 0. The molecule has 2 rings (SSSR count). The van der Waals surface area contributed by atoms with Gasteiger partial charge in [-0.1, -0.05) is 67.6 Å². The second-order valence-electron chi connectivity index (χ2n) is 6.24. The van der Waals surface area contributed by atoms with Crippen molar-refractivity contribution in [1.82, 2.24) is 4.90 Å². The van der Waals surface area contributed by atoms with Gasteiger partial charge in [-0.25, -0.2) is 0 Å². The van der Waals surface area contributed by atoms with E-state index in [0.29, 0.717) is 19.6 Å². The molecule has 0 aromatic heterocycles. The Bertz CT molecular complexity index is 582. The van der Waals surface area contributed by atoms with Crippen molar-refractivity contribution in [3.05, 3.63) is 71.8 Å². The van der Waals surface area contributed by atoms with E-state index in [4.69, 9.17) is 4.74 Å². The third-order valence-electron chi connectivity index (χ3n) is 4.17. The maximum Gasteiger partial charge on any atom is 0.0900 e. The highest BCUT2D eigenvalue weighted by Gasteiger charge is 2.15. The van der Waals surface area contributed by atoms with Crippen molar-refractivity contribution in [2.45, 2.75) is 32.1 Å². The number of halogens is 1. The Morgan fingerprint density at radius 3 is 2.19 bits per heavy atom. The van der Waals surface area contributed by atoms with Crippen LogP contribution in [0.15, 0.2) is 60.7 Å². The van der Waals surface area contributed by atoms with Crippen molar-refractivity contribution in [2.75, 3.05) is 26.3 Å². The van der Waals surface area contributed by atoms with Crippen molar-refractivity contribution >= 4 is 12.4 Å². The molecule has 2 unspecified atom stereocenters. The van der Waals surface area contributed by atoms with Crippen LogP contribution < -0.4 is 0 Å². The summed E-state index contributed by atoms with van der Waals surface area (Å²) in [6.45, 7) is 4.14. The zero-order valence-electron chi connectivity index (χ0n) is 15.3. The Hall–Kier alpha value is -1.43. The molecule has 2 N–H and O–H groups in total. The summed E-state index contributed by atoms with van der Waals surface area (Å²) < 4.78 is 5.93. The van der Waals surface area contributed by atoms with Gasteiger partial charge in [-0.3, -0.25) is 4.90 Å². The van der Waals surface area contributed by atoms with E-state index >= 15 is 0 Å². The van der Waals surface area contributed by atoms with Gasteiger partial charge in [0.2, 0.25) is 0 Å². The molecule has 0 radical (unpaired) electrons. The summed E-state index contributed by atoms with van der Waals surface area (Å²) in [6, 6.07) is 20.2. The summed E-state index contributed by atoms with van der Waals surface area (Å²) in [5, 5.41) is 19.6. The van der Waals surface area contributed by atoms with Crippen molar-refractivity contribution < 1.29 is 14.9 Å². The first kappa shape index (κ1) is 22.6. The third-order valence-corrected chi connectivity index (χ3v) is 4.17. The Labute approximate surface area is 162 Å². The molecule has 0 spiro atoms. The van der Waals surface area contributed by atoms with Crippen LogP contribution in [-0.2, 0) is 11.3 Å². The minimum atomic E-state index is -0.590. The predicted octanol–water partition coefficient (Wildman–Crippen LogP) is 3.43. The summed E-state index contributed by atoms with van der Waals surface area (Å²) in [6.07, 6.45) is 0.269. The zero-order chi connectivity index (χ0) is 17.9. The molecular weight excluding hydrogens is 350 g/mol.